The molecule has 0 amide bonds. The Bertz CT molecular complexity index is 770. The summed E-state index contributed by atoms with van der Waals surface area (Å²) in [4.78, 5) is 4.41. The van der Waals surface area contributed by atoms with E-state index in [2.05, 4.69) is 20.9 Å². The summed E-state index contributed by atoms with van der Waals surface area (Å²) in [6, 6.07) is 15.8. The van der Waals surface area contributed by atoms with Crippen LogP contribution in [0, 0.1) is 6.92 Å². The van der Waals surface area contributed by atoms with Gasteiger partial charge < -0.3 is 5.11 Å². The van der Waals surface area contributed by atoms with Gasteiger partial charge in [-0.05, 0) is 36.2 Å². The molecule has 2 aromatic carbocycles. The number of hydrogen-bond donors (Lipinski definition) is 1. The SMILES string of the molecule is Cc1c(Br)cccc1C(O)c1cnc2ccccc2c1. The standard InChI is InChI=1S/C17H14BrNO/c1-11-14(6-4-7-15(11)18)17(20)13-9-12-5-2-3-8-16(12)19-10-13/h2-10,17,20H,1H3. The molecule has 100 valence electrons. The van der Waals surface area contributed by atoms with Crippen LogP contribution in [0.3, 0.4) is 0 Å². The van der Waals surface area contributed by atoms with Crippen LogP contribution in [0.1, 0.15) is 22.8 Å². The molecule has 1 atom stereocenters. The van der Waals surface area contributed by atoms with Crippen LogP contribution in [0.5, 0.6) is 0 Å². The van der Waals surface area contributed by atoms with Gasteiger partial charge in [0.1, 0.15) is 6.10 Å². The fourth-order valence-corrected chi connectivity index (χ4v) is 2.72. The predicted molar refractivity (Wildman–Crippen MR) is 84.7 cm³/mol. The number of para-hydroxylation sites is 1. The van der Waals surface area contributed by atoms with E-state index >= 15 is 0 Å². The maximum Gasteiger partial charge on any atom is 0.106 e. The number of nitrogens with zero attached hydrogens (tertiary/aromatic N) is 1. The minimum Gasteiger partial charge on any atom is -0.384 e. The van der Waals surface area contributed by atoms with Crippen molar-refractivity contribution >= 4 is 26.8 Å². The zero-order valence-corrected chi connectivity index (χ0v) is 12.6. The third kappa shape index (κ3) is 2.35. The number of pyridine rings is 1. The number of rotatable bonds is 2. The maximum atomic E-state index is 10.6. The molecule has 1 N–H and O–H groups in total. The molecule has 0 saturated carbocycles. The average molecular weight is 328 g/mol. The van der Waals surface area contributed by atoms with Crippen molar-refractivity contribution in [2.75, 3.05) is 0 Å². The van der Waals surface area contributed by atoms with Crippen LogP contribution in [0.15, 0.2) is 59.2 Å². The van der Waals surface area contributed by atoms with Crippen LogP contribution in [-0.2, 0) is 0 Å². The molecule has 0 aliphatic rings. The molecule has 3 rings (SSSR count). The Morgan fingerprint density at radius 3 is 2.75 bits per heavy atom. The molecule has 0 aliphatic heterocycles. The van der Waals surface area contributed by atoms with E-state index in [1.807, 2.05) is 55.5 Å². The van der Waals surface area contributed by atoms with Gasteiger partial charge in [0.25, 0.3) is 0 Å². The highest BCUT2D eigenvalue weighted by Crippen LogP contribution is 2.29. The molecule has 1 heterocycles. The van der Waals surface area contributed by atoms with E-state index in [0.29, 0.717) is 0 Å². The zero-order valence-electron chi connectivity index (χ0n) is 11.0. The van der Waals surface area contributed by atoms with Gasteiger partial charge in [0, 0.05) is 21.6 Å². The number of halogens is 1. The third-order valence-electron chi connectivity index (χ3n) is 3.53. The number of hydrogen-bond acceptors (Lipinski definition) is 2. The van der Waals surface area contributed by atoms with Gasteiger partial charge in [-0.3, -0.25) is 4.98 Å². The molecule has 0 bridgehead atoms. The van der Waals surface area contributed by atoms with Gasteiger partial charge >= 0.3 is 0 Å². The Morgan fingerprint density at radius 2 is 1.90 bits per heavy atom. The lowest BCUT2D eigenvalue weighted by Crippen LogP contribution is -2.03. The highest BCUT2D eigenvalue weighted by atomic mass is 79.9. The van der Waals surface area contributed by atoms with E-state index in [-0.39, 0.29) is 0 Å². The van der Waals surface area contributed by atoms with Gasteiger partial charge in [-0.25, -0.2) is 0 Å². The first-order valence-corrected chi connectivity index (χ1v) is 7.24. The van der Waals surface area contributed by atoms with Crippen molar-refractivity contribution in [3.8, 4) is 0 Å². The topological polar surface area (TPSA) is 33.1 Å². The molecular formula is C17H14BrNO. The second-order valence-corrected chi connectivity index (χ2v) is 5.67. The van der Waals surface area contributed by atoms with Crippen LogP contribution in [-0.4, -0.2) is 10.1 Å². The number of benzene rings is 2. The summed E-state index contributed by atoms with van der Waals surface area (Å²) in [5.41, 5.74) is 3.70. The number of aliphatic hydroxyl groups is 1. The van der Waals surface area contributed by atoms with Gasteiger partial charge in [-0.15, -0.1) is 0 Å². The summed E-state index contributed by atoms with van der Waals surface area (Å²) >= 11 is 3.50. The third-order valence-corrected chi connectivity index (χ3v) is 4.39. The normalized spacial score (nSPS) is 12.6. The first-order valence-electron chi connectivity index (χ1n) is 6.44. The second-order valence-electron chi connectivity index (χ2n) is 4.82. The fourth-order valence-electron chi connectivity index (χ4n) is 2.34. The summed E-state index contributed by atoms with van der Waals surface area (Å²) in [6.07, 6.45) is 1.08. The molecule has 3 heteroatoms. The lowest BCUT2D eigenvalue weighted by molar-refractivity contribution is 0.219. The lowest BCUT2D eigenvalue weighted by atomic mass is 9.98. The van der Waals surface area contributed by atoms with Gasteiger partial charge in [-0.2, -0.15) is 0 Å². The van der Waals surface area contributed by atoms with Crippen LogP contribution in [0.25, 0.3) is 10.9 Å². The summed E-state index contributed by atoms with van der Waals surface area (Å²) in [6.45, 7) is 2.00. The van der Waals surface area contributed by atoms with Gasteiger partial charge in [-0.1, -0.05) is 46.3 Å². The number of aliphatic hydroxyl groups excluding tert-OH is 1. The lowest BCUT2D eigenvalue weighted by Gasteiger charge is -2.15. The highest BCUT2D eigenvalue weighted by molar-refractivity contribution is 9.10. The highest BCUT2D eigenvalue weighted by Gasteiger charge is 2.14. The van der Waals surface area contributed by atoms with Gasteiger partial charge in [0.15, 0.2) is 0 Å². The van der Waals surface area contributed by atoms with Crippen molar-refractivity contribution in [3.05, 3.63) is 75.9 Å². The predicted octanol–water partition coefficient (Wildman–Crippen LogP) is 4.39. The van der Waals surface area contributed by atoms with Crippen molar-refractivity contribution in [2.45, 2.75) is 13.0 Å². The van der Waals surface area contributed by atoms with Crippen LogP contribution < -0.4 is 0 Å². The Morgan fingerprint density at radius 1 is 1.10 bits per heavy atom. The Hall–Kier alpha value is -1.71. The Kier molecular flexibility index (Phi) is 3.55. The van der Waals surface area contributed by atoms with Gasteiger partial charge in [0.05, 0.1) is 5.52 Å². The minimum absolute atomic E-state index is 0.662. The summed E-state index contributed by atoms with van der Waals surface area (Å²) in [5.74, 6) is 0. The van der Waals surface area contributed by atoms with Crippen molar-refractivity contribution in [1.82, 2.24) is 4.98 Å². The van der Waals surface area contributed by atoms with E-state index in [9.17, 15) is 5.11 Å². The molecule has 20 heavy (non-hydrogen) atoms. The molecule has 1 aromatic heterocycles. The quantitative estimate of drug-likeness (QED) is 0.757. The Balaban J connectivity index is 2.08. The molecule has 0 aliphatic carbocycles. The van der Waals surface area contributed by atoms with Crippen molar-refractivity contribution < 1.29 is 5.11 Å². The molecule has 0 fully saturated rings. The van der Waals surface area contributed by atoms with E-state index in [0.717, 1.165) is 32.1 Å². The average Bonchev–Trinajstić information content (AvgIpc) is 2.49. The van der Waals surface area contributed by atoms with Crippen LogP contribution >= 0.6 is 15.9 Å². The van der Waals surface area contributed by atoms with Crippen molar-refractivity contribution in [1.29, 1.82) is 0 Å². The maximum absolute atomic E-state index is 10.6. The first kappa shape index (κ1) is 13.3. The Labute approximate surface area is 126 Å². The van der Waals surface area contributed by atoms with Gasteiger partial charge in [0.2, 0.25) is 0 Å². The van der Waals surface area contributed by atoms with E-state index in [1.165, 1.54) is 0 Å². The van der Waals surface area contributed by atoms with Crippen LogP contribution in [0.4, 0.5) is 0 Å². The fraction of sp³-hybridized carbons (Fsp3) is 0.118. The zero-order chi connectivity index (χ0) is 14.1. The van der Waals surface area contributed by atoms with E-state index < -0.39 is 6.10 Å². The molecule has 0 spiro atoms. The van der Waals surface area contributed by atoms with E-state index in [1.54, 1.807) is 6.20 Å². The van der Waals surface area contributed by atoms with Crippen LogP contribution in [0.2, 0.25) is 0 Å². The smallest absolute Gasteiger partial charge is 0.106 e. The summed E-state index contributed by atoms with van der Waals surface area (Å²) in [5, 5.41) is 11.6. The second kappa shape index (κ2) is 5.35. The molecule has 2 nitrogen and oxygen atoms in total. The van der Waals surface area contributed by atoms with Crippen molar-refractivity contribution in [2.24, 2.45) is 0 Å². The molecular weight excluding hydrogens is 314 g/mol. The number of aromatic nitrogens is 1. The largest absolute Gasteiger partial charge is 0.384 e. The molecule has 3 aromatic rings. The molecule has 0 radical (unpaired) electrons. The molecule has 1 unspecified atom stereocenters. The monoisotopic (exact) mass is 327 g/mol. The summed E-state index contributed by atoms with van der Waals surface area (Å²) < 4.78 is 1.00. The van der Waals surface area contributed by atoms with Crippen molar-refractivity contribution in [3.63, 3.8) is 0 Å². The summed E-state index contributed by atoms with van der Waals surface area (Å²) in [7, 11) is 0. The first-order chi connectivity index (χ1) is 9.66. The molecule has 0 saturated heterocycles. The number of fused-ring (bicyclic) bond motifs is 1. The van der Waals surface area contributed by atoms with E-state index in [4.69, 9.17) is 0 Å². The minimum atomic E-state index is -0.662.